The zero-order chi connectivity index (χ0) is 19.8. The van der Waals surface area contributed by atoms with Gasteiger partial charge >= 0.3 is 0 Å². The van der Waals surface area contributed by atoms with Crippen LogP contribution in [0.2, 0.25) is 0 Å². The Kier molecular flexibility index (Phi) is 7.49. The lowest BCUT2D eigenvalue weighted by Gasteiger charge is -2.37. The molecular weight excluding hydrogens is 386 g/mol. The fourth-order valence-corrected chi connectivity index (χ4v) is 5.13. The summed E-state index contributed by atoms with van der Waals surface area (Å²) in [6.07, 6.45) is 3.58. The van der Waals surface area contributed by atoms with Crippen molar-refractivity contribution in [2.24, 2.45) is 11.7 Å². The van der Waals surface area contributed by atoms with E-state index >= 15 is 0 Å². The average molecular weight is 418 g/mol. The molecule has 8 heteroatoms. The maximum absolute atomic E-state index is 12.7. The molecule has 2 rings (SSSR count). The number of sulfonamides is 1. The van der Waals surface area contributed by atoms with E-state index in [-0.39, 0.29) is 29.1 Å². The normalized spacial score (nSPS) is 23.4. The number of anilines is 1. The summed E-state index contributed by atoms with van der Waals surface area (Å²) in [5, 5.41) is 2.86. The first-order chi connectivity index (χ1) is 11.8. The summed E-state index contributed by atoms with van der Waals surface area (Å²) in [6, 6.07) is 4.94. The monoisotopic (exact) mass is 417 g/mol. The maximum Gasteiger partial charge on any atom is 0.241 e. The molecule has 4 N–H and O–H groups in total. The van der Waals surface area contributed by atoms with Gasteiger partial charge in [-0.2, -0.15) is 0 Å². The van der Waals surface area contributed by atoms with Crippen molar-refractivity contribution >= 4 is 34.0 Å². The Bertz CT molecular complexity index is 786. The molecular formula is C19H32ClN3O3S. The van der Waals surface area contributed by atoms with Crippen LogP contribution in [-0.4, -0.2) is 25.4 Å². The summed E-state index contributed by atoms with van der Waals surface area (Å²) in [5.41, 5.74) is 6.28. The number of aryl methyl sites for hydroxylation is 1. The van der Waals surface area contributed by atoms with Crippen molar-refractivity contribution in [2.75, 3.05) is 5.32 Å². The third kappa shape index (κ3) is 6.17. The standard InChI is InChI=1S/C19H31N3O3S.ClH/c1-13-9-10-14(12-16(13)26(24,25)22-18(2,3)4)21-17(23)15-8-6-7-11-19(15,5)20;/h9-10,12,15,22H,6-8,11,20H2,1-5H3,(H,21,23);1H. The van der Waals surface area contributed by atoms with Crippen LogP contribution in [0.25, 0.3) is 0 Å². The second-order valence-electron chi connectivity index (χ2n) is 8.63. The number of nitrogens with two attached hydrogens (primary N) is 1. The van der Waals surface area contributed by atoms with Gasteiger partial charge in [0.05, 0.1) is 10.8 Å². The molecule has 1 aliphatic carbocycles. The van der Waals surface area contributed by atoms with Crippen LogP contribution in [-0.2, 0) is 14.8 Å². The molecule has 0 heterocycles. The summed E-state index contributed by atoms with van der Waals surface area (Å²) in [4.78, 5) is 12.9. The lowest BCUT2D eigenvalue weighted by atomic mass is 9.74. The van der Waals surface area contributed by atoms with Gasteiger partial charge in [-0.3, -0.25) is 4.79 Å². The summed E-state index contributed by atoms with van der Waals surface area (Å²) < 4.78 is 28.0. The third-order valence-electron chi connectivity index (χ3n) is 4.76. The van der Waals surface area contributed by atoms with Crippen LogP contribution in [0, 0.1) is 12.8 Å². The highest BCUT2D eigenvalue weighted by Crippen LogP contribution is 2.32. The van der Waals surface area contributed by atoms with Gasteiger partial charge in [0.15, 0.2) is 0 Å². The minimum atomic E-state index is -3.68. The second-order valence-corrected chi connectivity index (χ2v) is 10.3. The van der Waals surface area contributed by atoms with E-state index in [1.807, 2.05) is 6.92 Å². The zero-order valence-electron chi connectivity index (χ0n) is 16.8. The topological polar surface area (TPSA) is 101 Å². The quantitative estimate of drug-likeness (QED) is 0.699. The smallest absolute Gasteiger partial charge is 0.241 e. The number of hydrogen-bond acceptors (Lipinski definition) is 4. The Morgan fingerprint density at radius 2 is 1.89 bits per heavy atom. The van der Waals surface area contributed by atoms with Crippen LogP contribution in [0.1, 0.15) is 58.9 Å². The average Bonchev–Trinajstić information content (AvgIpc) is 2.46. The van der Waals surface area contributed by atoms with E-state index in [4.69, 9.17) is 5.73 Å². The number of carbonyl (C=O) groups is 1. The Hall–Kier alpha value is -1.15. The van der Waals surface area contributed by atoms with E-state index in [2.05, 4.69) is 10.0 Å². The first-order valence-electron chi connectivity index (χ1n) is 9.06. The van der Waals surface area contributed by atoms with Crippen LogP contribution in [0.3, 0.4) is 0 Å². The molecule has 1 aromatic carbocycles. The molecule has 0 spiro atoms. The summed E-state index contributed by atoms with van der Waals surface area (Å²) >= 11 is 0. The molecule has 0 aliphatic heterocycles. The second kappa shape index (κ2) is 8.47. The first-order valence-corrected chi connectivity index (χ1v) is 10.5. The molecule has 27 heavy (non-hydrogen) atoms. The molecule has 2 unspecified atom stereocenters. The van der Waals surface area contributed by atoms with Gasteiger partial charge in [0, 0.05) is 16.8 Å². The van der Waals surface area contributed by atoms with E-state index in [9.17, 15) is 13.2 Å². The van der Waals surface area contributed by atoms with E-state index in [1.54, 1.807) is 39.8 Å². The first kappa shape index (κ1) is 23.9. The van der Waals surface area contributed by atoms with Gasteiger partial charge in [0.2, 0.25) is 15.9 Å². The number of amides is 1. The SMILES string of the molecule is Cc1ccc(NC(=O)C2CCCCC2(C)N)cc1S(=O)(=O)NC(C)(C)C.Cl. The van der Waals surface area contributed by atoms with Crippen molar-refractivity contribution in [3.8, 4) is 0 Å². The van der Waals surface area contributed by atoms with E-state index in [1.165, 1.54) is 6.07 Å². The fourth-order valence-electron chi connectivity index (χ4n) is 3.44. The van der Waals surface area contributed by atoms with Gasteiger partial charge < -0.3 is 11.1 Å². The van der Waals surface area contributed by atoms with E-state index < -0.39 is 21.1 Å². The highest BCUT2D eigenvalue weighted by atomic mass is 35.5. The van der Waals surface area contributed by atoms with Crippen LogP contribution in [0.5, 0.6) is 0 Å². The number of benzene rings is 1. The number of rotatable bonds is 4. The summed E-state index contributed by atoms with van der Waals surface area (Å²) in [7, 11) is -3.68. The van der Waals surface area contributed by atoms with E-state index in [0.29, 0.717) is 11.3 Å². The van der Waals surface area contributed by atoms with Crippen molar-refractivity contribution in [1.82, 2.24) is 4.72 Å². The molecule has 0 saturated heterocycles. The highest BCUT2D eigenvalue weighted by Gasteiger charge is 2.37. The summed E-state index contributed by atoms with van der Waals surface area (Å²) in [5.74, 6) is -0.420. The Morgan fingerprint density at radius 3 is 2.44 bits per heavy atom. The number of carbonyl (C=O) groups excluding carboxylic acids is 1. The van der Waals surface area contributed by atoms with Crippen LogP contribution >= 0.6 is 12.4 Å². The fraction of sp³-hybridized carbons (Fsp3) is 0.632. The predicted molar refractivity (Wildman–Crippen MR) is 112 cm³/mol. The number of hydrogen-bond donors (Lipinski definition) is 3. The Balaban J connectivity index is 0.00000364. The molecule has 1 amide bonds. The molecule has 1 fully saturated rings. The van der Waals surface area contributed by atoms with Crippen molar-refractivity contribution < 1.29 is 13.2 Å². The molecule has 154 valence electrons. The number of halogens is 1. The molecule has 1 saturated carbocycles. The highest BCUT2D eigenvalue weighted by molar-refractivity contribution is 7.89. The summed E-state index contributed by atoms with van der Waals surface area (Å²) in [6.45, 7) is 9.01. The minimum absolute atomic E-state index is 0. The molecule has 6 nitrogen and oxygen atoms in total. The molecule has 0 radical (unpaired) electrons. The molecule has 2 atom stereocenters. The Morgan fingerprint density at radius 1 is 1.26 bits per heavy atom. The predicted octanol–water partition coefficient (Wildman–Crippen LogP) is 3.34. The van der Waals surface area contributed by atoms with Crippen molar-refractivity contribution in [1.29, 1.82) is 0 Å². The maximum atomic E-state index is 12.7. The van der Waals surface area contributed by atoms with Crippen molar-refractivity contribution in [2.45, 2.75) is 76.3 Å². The molecule has 1 aliphatic rings. The largest absolute Gasteiger partial charge is 0.326 e. The van der Waals surface area contributed by atoms with Crippen LogP contribution < -0.4 is 15.8 Å². The Labute approximate surface area is 169 Å². The van der Waals surface area contributed by atoms with Gasteiger partial charge in [0.1, 0.15) is 0 Å². The van der Waals surface area contributed by atoms with E-state index in [0.717, 1.165) is 25.7 Å². The zero-order valence-corrected chi connectivity index (χ0v) is 18.4. The molecule has 1 aromatic rings. The van der Waals surface area contributed by atoms with Crippen LogP contribution in [0.4, 0.5) is 5.69 Å². The molecule has 0 aromatic heterocycles. The van der Waals surface area contributed by atoms with Gasteiger partial charge in [-0.1, -0.05) is 18.9 Å². The van der Waals surface area contributed by atoms with Gasteiger partial charge in [-0.25, -0.2) is 13.1 Å². The van der Waals surface area contributed by atoms with Crippen molar-refractivity contribution in [3.63, 3.8) is 0 Å². The van der Waals surface area contributed by atoms with Gasteiger partial charge in [-0.05, 0) is 65.2 Å². The third-order valence-corrected chi connectivity index (χ3v) is 6.66. The lowest BCUT2D eigenvalue weighted by Crippen LogP contribution is -2.51. The number of nitrogens with one attached hydrogen (secondary N) is 2. The minimum Gasteiger partial charge on any atom is -0.326 e. The lowest BCUT2D eigenvalue weighted by molar-refractivity contribution is -0.122. The van der Waals surface area contributed by atoms with Gasteiger partial charge in [-0.15, -0.1) is 12.4 Å². The van der Waals surface area contributed by atoms with Crippen LogP contribution in [0.15, 0.2) is 23.1 Å². The van der Waals surface area contributed by atoms with Gasteiger partial charge in [0.25, 0.3) is 0 Å². The molecule has 0 bridgehead atoms. The van der Waals surface area contributed by atoms with Crippen molar-refractivity contribution in [3.05, 3.63) is 23.8 Å².